The van der Waals surface area contributed by atoms with Crippen molar-refractivity contribution in [1.29, 1.82) is 0 Å². The van der Waals surface area contributed by atoms with Crippen molar-refractivity contribution in [3.63, 3.8) is 0 Å². The van der Waals surface area contributed by atoms with Crippen LogP contribution in [0.3, 0.4) is 0 Å². The molecule has 4 unspecified atom stereocenters. The summed E-state index contributed by atoms with van der Waals surface area (Å²) >= 11 is 0. The molecule has 1 aromatic carbocycles. The van der Waals surface area contributed by atoms with Gasteiger partial charge in [-0.3, -0.25) is 0 Å². The van der Waals surface area contributed by atoms with Gasteiger partial charge in [-0.1, -0.05) is 53.7 Å². The van der Waals surface area contributed by atoms with Gasteiger partial charge in [-0.05, 0) is 73.3 Å². The van der Waals surface area contributed by atoms with E-state index in [2.05, 4.69) is 41.5 Å². The molecule has 0 spiro atoms. The Balaban J connectivity index is 1.70. The molecule has 1 aromatic rings. The van der Waals surface area contributed by atoms with E-state index < -0.39 is 11.9 Å². The van der Waals surface area contributed by atoms with Crippen LogP contribution in [0.1, 0.15) is 101 Å². The summed E-state index contributed by atoms with van der Waals surface area (Å²) in [6.07, 6.45) is 5.50. The van der Waals surface area contributed by atoms with E-state index in [1.165, 1.54) is 0 Å². The van der Waals surface area contributed by atoms with Crippen molar-refractivity contribution in [3.8, 4) is 0 Å². The number of carbonyl (C=O) groups excluding carboxylic acids is 2. The average Bonchev–Trinajstić information content (AvgIpc) is 2.58. The van der Waals surface area contributed by atoms with Gasteiger partial charge in [0, 0.05) is 0 Å². The average molecular weight is 415 g/mol. The lowest BCUT2D eigenvalue weighted by molar-refractivity contribution is -0.0112. The van der Waals surface area contributed by atoms with Gasteiger partial charge in [-0.2, -0.15) is 0 Å². The summed E-state index contributed by atoms with van der Waals surface area (Å²) in [5, 5.41) is 0. The Hall–Kier alpha value is -1.84. The Morgan fingerprint density at radius 2 is 1.10 bits per heavy atom. The first-order valence-corrected chi connectivity index (χ1v) is 11.5. The van der Waals surface area contributed by atoms with Crippen molar-refractivity contribution in [2.45, 2.75) is 92.3 Å². The molecule has 3 rings (SSSR count). The van der Waals surface area contributed by atoms with E-state index in [1.807, 2.05) is 0 Å². The van der Waals surface area contributed by atoms with Crippen LogP contribution in [-0.2, 0) is 9.47 Å². The predicted molar refractivity (Wildman–Crippen MR) is 118 cm³/mol. The van der Waals surface area contributed by atoms with Crippen LogP contribution in [0.5, 0.6) is 0 Å². The second-order valence-corrected chi connectivity index (χ2v) is 11.4. The number of hydrogen-bond acceptors (Lipinski definition) is 4. The van der Waals surface area contributed by atoms with Crippen LogP contribution < -0.4 is 0 Å². The van der Waals surface area contributed by atoms with Crippen LogP contribution in [-0.4, -0.2) is 24.1 Å². The van der Waals surface area contributed by atoms with E-state index in [9.17, 15) is 9.59 Å². The van der Waals surface area contributed by atoms with Gasteiger partial charge in [0.25, 0.3) is 0 Å². The van der Waals surface area contributed by atoms with Crippen molar-refractivity contribution in [3.05, 3.63) is 35.4 Å². The first kappa shape index (κ1) is 22.8. The predicted octanol–water partition coefficient (Wildman–Crippen LogP) is 6.43. The molecule has 0 amide bonds. The lowest BCUT2D eigenvalue weighted by atomic mass is 9.71. The second kappa shape index (κ2) is 8.72. The van der Waals surface area contributed by atoms with Gasteiger partial charge >= 0.3 is 11.9 Å². The third kappa shape index (κ3) is 5.86. The van der Waals surface area contributed by atoms with Crippen molar-refractivity contribution in [1.82, 2.24) is 0 Å². The van der Waals surface area contributed by atoms with Crippen LogP contribution in [0.25, 0.3) is 0 Å². The van der Waals surface area contributed by atoms with Crippen molar-refractivity contribution < 1.29 is 19.1 Å². The van der Waals surface area contributed by atoms with Crippen molar-refractivity contribution >= 4 is 11.9 Å². The molecule has 2 aliphatic rings. The molecule has 0 aromatic heterocycles. The Labute approximate surface area is 181 Å². The van der Waals surface area contributed by atoms with E-state index in [-0.39, 0.29) is 23.0 Å². The third-order valence-corrected chi connectivity index (χ3v) is 6.61. The van der Waals surface area contributed by atoms with E-state index in [1.54, 1.807) is 24.3 Å². The van der Waals surface area contributed by atoms with E-state index in [4.69, 9.17) is 9.47 Å². The standard InChI is InChI=1S/C26H38O4/c1-17-11-19(15-25(3,4)13-17)29-23(27)21-9-7-8-10-22(21)24(28)30-20-12-18(2)14-26(5,6)16-20/h7-10,17-20H,11-16H2,1-6H3. The van der Waals surface area contributed by atoms with E-state index in [0.717, 1.165) is 38.5 Å². The fraction of sp³-hybridized carbons (Fsp3) is 0.692. The summed E-state index contributed by atoms with van der Waals surface area (Å²) in [4.78, 5) is 25.9. The fourth-order valence-electron chi connectivity index (χ4n) is 5.97. The van der Waals surface area contributed by atoms with Crippen molar-refractivity contribution in [2.24, 2.45) is 22.7 Å². The highest BCUT2D eigenvalue weighted by Crippen LogP contribution is 2.41. The zero-order valence-corrected chi connectivity index (χ0v) is 19.5. The molecular formula is C26H38O4. The maximum absolute atomic E-state index is 13.0. The summed E-state index contributed by atoms with van der Waals surface area (Å²) in [6.45, 7) is 13.3. The molecule has 0 radical (unpaired) electrons. The number of ether oxygens (including phenoxy) is 2. The van der Waals surface area contributed by atoms with Gasteiger partial charge in [-0.25, -0.2) is 9.59 Å². The van der Waals surface area contributed by atoms with Gasteiger partial charge in [0.15, 0.2) is 0 Å². The summed E-state index contributed by atoms with van der Waals surface area (Å²) in [6, 6.07) is 6.88. The Bertz CT molecular complexity index is 714. The lowest BCUT2D eigenvalue weighted by Gasteiger charge is -2.38. The lowest BCUT2D eigenvalue weighted by Crippen LogP contribution is -2.35. The summed E-state index contributed by atoms with van der Waals surface area (Å²) in [5.74, 6) is 0.191. The molecule has 2 saturated carbocycles. The highest BCUT2D eigenvalue weighted by molar-refractivity contribution is 6.03. The zero-order valence-electron chi connectivity index (χ0n) is 19.5. The maximum Gasteiger partial charge on any atom is 0.339 e. The van der Waals surface area contributed by atoms with Gasteiger partial charge in [0.2, 0.25) is 0 Å². The second-order valence-electron chi connectivity index (χ2n) is 11.4. The first-order valence-electron chi connectivity index (χ1n) is 11.5. The monoisotopic (exact) mass is 414 g/mol. The maximum atomic E-state index is 13.0. The molecule has 4 heteroatoms. The van der Waals surface area contributed by atoms with Gasteiger partial charge in [-0.15, -0.1) is 0 Å². The number of benzene rings is 1. The van der Waals surface area contributed by atoms with Crippen LogP contribution in [0, 0.1) is 22.7 Å². The highest BCUT2D eigenvalue weighted by Gasteiger charge is 2.36. The highest BCUT2D eigenvalue weighted by atomic mass is 16.6. The number of esters is 2. The molecule has 4 nitrogen and oxygen atoms in total. The quantitative estimate of drug-likeness (QED) is 0.533. The normalized spacial score (nSPS) is 30.3. The molecule has 166 valence electrons. The minimum atomic E-state index is -0.421. The van der Waals surface area contributed by atoms with Crippen LogP contribution in [0.2, 0.25) is 0 Å². The minimum Gasteiger partial charge on any atom is -0.459 e. The molecular weight excluding hydrogens is 376 g/mol. The molecule has 0 bridgehead atoms. The van der Waals surface area contributed by atoms with Crippen LogP contribution in [0.4, 0.5) is 0 Å². The van der Waals surface area contributed by atoms with E-state index >= 15 is 0 Å². The molecule has 30 heavy (non-hydrogen) atoms. The smallest absolute Gasteiger partial charge is 0.339 e. The van der Waals surface area contributed by atoms with Gasteiger partial charge < -0.3 is 9.47 Å². The Morgan fingerprint density at radius 1 is 0.733 bits per heavy atom. The molecule has 0 N–H and O–H groups in total. The third-order valence-electron chi connectivity index (χ3n) is 6.61. The summed E-state index contributed by atoms with van der Waals surface area (Å²) in [5.41, 5.74) is 0.931. The summed E-state index contributed by atoms with van der Waals surface area (Å²) < 4.78 is 11.7. The Kier molecular flexibility index (Phi) is 6.64. The number of carbonyl (C=O) groups is 2. The van der Waals surface area contributed by atoms with Gasteiger partial charge in [0.1, 0.15) is 12.2 Å². The van der Waals surface area contributed by atoms with Gasteiger partial charge in [0.05, 0.1) is 11.1 Å². The number of rotatable bonds is 4. The van der Waals surface area contributed by atoms with Crippen LogP contribution >= 0.6 is 0 Å². The Morgan fingerprint density at radius 3 is 1.43 bits per heavy atom. The fourth-order valence-corrected chi connectivity index (χ4v) is 5.97. The minimum absolute atomic E-state index is 0.111. The molecule has 0 heterocycles. The SMILES string of the molecule is CC1CC(OC(=O)c2ccccc2C(=O)OC2CC(C)CC(C)(C)C2)CC(C)(C)C1. The molecule has 2 fully saturated rings. The zero-order chi connectivity index (χ0) is 22.1. The molecule has 0 aliphatic heterocycles. The molecule has 2 aliphatic carbocycles. The summed E-state index contributed by atoms with van der Waals surface area (Å²) in [7, 11) is 0. The van der Waals surface area contributed by atoms with Crippen molar-refractivity contribution in [2.75, 3.05) is 0 Å². The van der Waals surface area contributed by atoms with Crippen LogP contribution in [0.15, 0.2) is 24.3 Å². The number of hydrogen-bond donors (Lipinski definition) is 0. The largest absolute Gasteiger partial charge is 0.459 e. The first-order chi connectivity index (χ1) is 13.9. The molecule has 0 saturated heterocycles. The topological polar surface area (TPSA) is 52.6 Å². The molecule has 4 atom stereocenters. The van der Waals surface area contributed by atoms with E-state index in [0.29, 0.717) is 23.0 Å².